The van der Waals surface area contributed by atoms with Crippen molar-refractivity contribution in [2.45, 2.75) is 0 Å². The second-order valence-corrected chi connectivity index (χ2v) is 6.98. The molecule has 0 atom stereocenters. The lowest BCUT2D eigenvalue weighted by molar-refractivity contribution is -0.384. The smallest absolute Gasteiger partial charge is 0.270 e. The number of amides is 1. The van der Waals surface area contributed by atoms with Crippen LogP contribution >= 0.6 is 22.6 Å². The van der Waals surface area contributed by atoms with E-state index in [2.05, 4.69) is 27.9 Å². The number of halogens is 1. The van der Waals surface area contributed by atoms with Gasteiger partial charge in [0.15, 0.2) is 0 Å². The van der Waals surface area contributed by atoms with E-state index in [1.807, 2.05) is 54.6 Å². The molecule has 0 heterocycles. The third-order valence-electron chi connectivity index (χ3n) is 3.82. The molecule has 1 N–H and O–H groups in total. The molecular weight excluding hydrogens is 455 g/mol. The van der Waals surface area contributed by atoms with Gasteiger partial charge in [-0.3, -0.25) is 14.9 Å². The summed E-state index contributed by atoms with van der Waals surface area (Å²) in [6, 6.07) is 22.9. The summed E-state index contributed by atoms with van der Waals surface area (Å²) in [6.45, 7) is 0. The number of hydrogen-bond acceptors (Lipinski definition) is 3. The number of rotatable bonds is 5. The van der Waals surface area contributed by atoms with Gasteiger partial charge in [0.25, 0.3) is 11.6 Å². The Morgan fingerprint density at radius 1 is 0.963 bits per heavy atom. The molecule has 0 radical (unpaired) electrons. The molecular formula is C21H15IN2O3. The van der Waals surface area contributed by atoms with Crippen molar-refractivity contribution in [3.05, 3.63) is 104 Å². The molecule has 3 aromatic carbocycles. The number of benzene rings is 3. The highest BCUT2D eigenvalue weighted by molar-refractivity contribution is 14.1. The van der Waals surface area contributed by atoms with E-state index in [9.17, 15) is 14.9 Å². The van der Waals surface area contributed by atoms with Crippen molar-refractivity contribution in [3.8, 4) is 0 Å². The summed E-state index contributed by atoms with van der Waals surface area (Å²) >= 11 is 2.20. The predicted octanol–water partition coefficient (Wildman–Crippen LogP) is 5.38. The fourth-order valence-corrected chi connectivity index (χ4v) is 2.88. The molecule has 134 valence electrons. The summed E-state index contributed by atoms with van der Waals surface area (Å²) in [7, 11) is 0. The quantitative estimate of drug-likeness (QED) is 0.179. The average molecular weight is 470 g/mol. The van der Waals surface area contributed by atoms with Gasteiger partial charge in [-0.15, -0.1) is 0 Å². The lowest BCUT2D eigenvalue weighted by atomic mass is 10.0. The van der Waals surface area contributed by atoms with E-state index in [0.717, 1.165) is 9.13 Å². The molecule has 0 aliphatic rings. The summed E-state index contributed by atoms with van der Waals surface area (Å²) in [5, 5.41) is 13.9. The molecule has 0 spiro atoms. The lowest BCUT2D eigenvalue weighted by Gasteiger charge is -2.10. The number of nitro benzene ring substituents is 1. The first-order valence-electron chi connectivity index (χ1n) is 8.11. The van der Waals surface area contributed by atoms with Crippen LogP contribution in [0.15, 0.2) is 78.9 Å². The number of nitrogens with zero attached hydrogens (tertiary/aromatic N) is 1. The Labute approximate surface area is 170 Å². The molecule has 0 bridgehead atoms. The molecule has 5 nitrogen and oxygen atoms in total. The fraction of sp³-hybridized carbons (Fsp3) is 0. The van der Waals surface area contributed by atoms with Crippen LogP contribution in [0, 0.1) is 13.7 Å². The van der Waals surface area contributed by atoms with Gasteiger partial charge in [0.2, 0.25) is 0 Å². The first kappa shape index (κ1) is 18.8. The Morgan fingerprint density at radius 3 is 2.33 bits per heavy atom. The van der Waals surface area contributed by atoms with Gasteiger partial charge in [-0.25, -0.2) is 0 Å². The first-order chi connectivity index (χ1) is 13.0. The molecule has 0 fully saturated rings. The van der Waals surface area contributed by atoms with Crippen LogP contribution in [-0.4, -0.2) is 10.8 Å². The maximum Gasteiger partial charge on any atom is 0.270 e. The van der Waals surface area contributed by atoms with Crippen molar-refractivity contribution < 1.29 is 9.72 Å². The molecule has 6 heteroatoms. The van der Waals surface area contributed by atoms with Crippen molar-refractivity contribution in [2.24, 2.45) is 0 Å². The Morgan fingerprint density at radius 2 is 1.67 bits per heavy atom. The number of hydrogen-bond donors (Lipinski definition) is 1. The SMILES string of the molecule is O=C(Nc1ccc(I)cc1)/C(=C/c1cccc([N+](=O)[O-])c1)c1ccccc1. The Kier molecular flexibility index (Phi) is 5.97. The van der Waals surface area contributed by atoms with Gasteiger partial charge >= 0.3 is 0 Å². The summed E-state index contributed by atoms with van der Waals surface area (Å²) in [4.78, 5) is 23.5. The zero-order valence-corrected chi connectivity index (χ0v) is 16.3. The molecule has 0 aliphatic heterocycles. The average Bonchev–Trinajstić information content (AvgIpc) is 2.68. The molecule has 3 rings (SSSR count). The van der Waals surface area contributed by atoms with Crippen molar-refractivity contribution in [1.29, 1.82) is 0 Å². The first-order valence-corrected chi connectivity index (χ1v) is 9.19. The number of nitro groups is 1. The highest BCUT2D eigenvalue weighted by Gasteiger charge is 2.13. The Hall–Kier alpha value is -3.00. The standard InChI is InChI=1S/C21H15IN2O3/c22-17-9-11-18(12-10-17)23-21(25)20(16-6-2-1-3-7-16)14-15-5-4-8-19(13-15)24(26)27/h1-14H,(H,23,25)/b20-14+. The van der Waals surface area contributed by atoms with Crippen LogP contribution in [0.3, 0.4) is 0 Å². The van der Waals surface area contributed by atoms with Crippen LogP contribution in [-0.2, 0) is 4.79 Å². The Balaban J connectivity index is 1.98. The van der Waals surface area contributed by atoms with Gasteiger partial charge in [0, 0.05) is 27.0 Å². The number of carbonyl (C=O) groups is 1. The van der Waals surface area contributed by atoms with Crippen LogP contribution in [0.25, 0.3) is 11.6 Å². The third-order valence-corrected chi connectivity index (χ3v) is 4.54. The van der Waals surface area contributed by atoms with Crippen LogP contribution in [0.4, 0.5) is 11.4 Å². The summed E-state index contributed by atoms with van der Waals surface area (Å²) < 4.78 is 1.07. The number of non-ortho nitro benzene ring substituents is 1. The number of nitrogens with one attached hydrogen (secondary N) is 1. The highest BCUT2D eigenvalue weighted by Crippen LogP contribution is 2.23. The van der Waals surface area contributed by atoms with Gasteiger partial charge in [-0.05, 0) is 64.1 Å². The second kappa shape index (κ2) is 8.59. The molecule has 0 saturated carbocycles. The van der Waals surface area contributed by atoms with E-state index in [1.165, 1.54) is 12.1 Å². The van der Waals surface area contributed by atoms with E-state index in [4.69, 9.17) is 0 Å². The summed E-state index contributed by atoms with van der Waals surface area (Å²) in [6.07, 6.45) is 1.66. The van der Waals surface area contributed by atoms with Gasteiger partial charge in [0.05, 0.1) is 4.92 Å². The van der Waals surface area contributed by atoms with Crippen molar-refractivity contribution in [3.63, 3.8) is 0 Å². The minimum absolute atomic E-state index is 0.0193. The van der Waals surface area contributed by atoms with Crippen molar-refractivity contribution >= 4 is 51.5 Å². The molecule has 3 aromatic rings. The molecule has 0 aliphatic carbocycles. The van der Waals surface area contributed by atoms with Crippen LogP contribution in [0.5, 0.6) is 0 Å². The van der Waals surface area contributed by atoms with Gasteiger partial charge in [-0.1, -0.05) is 42.5 Å². The fourth-order valence-electron chi connectivity index (χ4n) is 2.52. The largest absolute Gasteiger partial charge is 0.322 e. The molecule has 1 amide bonds. The minimum atomic E-state index is -0.453. The normalized spacial score (nSPS) is 11.1. The van der Waals surface area contributed by atoms with Gasteiger partial charge in [-0.2, -0.15) is 0 Å². The van der Waals surface area contributed by atoms with Crippen LogP contribution in [0.2, 0.25) is 0 Å². The van der Waals surface area contributed by atoms with E-state index in [0.29, 0.717) is 16.8 Å². The lowest BCUT2D eigenvalue weighted by Crippen LogP contribution is -2.13. The predicted molar refractivity (Wildman–Crippen MR) is 115 cm³/mol. The van der Waals surface area contributed by atoms with Crippen molar-refractivity contribution in [2.75, 3.05) is 5.32 Å². The van der Waals surface area contributed by atoms with Crippen LogP contribution in [0.1, 0.15) is 11.1 Å². The number of carbonyl (C=O) groups excluding carboxylic acids is 1. The van der Waals surface area contributed by atoms with Gasteiger partial charge < -0.3 is 5.32 Å². The topological polar surface area (TPSA) is 72.2 Å². The molecule has 0 saturated heterocycles. The number of anilines is 1. The Bertz CT molecular complexity index is 999. The summed E-state index contributed by atoms with van der Waals surface area (Å²) in [5.74, 6) is -0.283. The third kappa shape index (κ3) is 5.01. The maximum absolute atomic E-state index is 12.9. The highest BCUT2D eigenvalue weighted by atomic mass is 127. The van der Waals surface area contributed by atoms with E-state index < -0.39 is 4.92 Å². The van der Waals surface area contributed by atoms with Crippen molar-refractivity contribution in [1.82, 2.24) is 0 Å². The van der Waals surface area contributed by atoms with Crippen LogP contribution < -0.4 is 5.32 Å². The zero-order chi connectivity index (χ0) is 19.2. The second-order valence-electron chi connectivity index (χ2n) is 5.74. The zero-order valence-electron chi connectivity index (χ0n) is 14.1. The maximum atomic E-state index is 12.9. The monoisotopic (exact) mass is 470 g/mol. The molecule has 0 unspecified atom stereocenters. The molecule has 27 heavy (non-hydrogen) atoms. The molecule has 0 aromatic heterocycles. The minimum Gasteiger partial charge on any atom is -0.322 e. The van der Waals surface area contributed by atoms with E-state index >= 15 is 0 Å². The van der Waals surface area contributed by atoms with E-state index in [1.54, 1.807) is 18.2 Å². The van der Waals surface area contributed by atoms with E-state index in [-0.39, 0.29) is 11.6 Å². The summed E-state index contributed by atoms with van der Waals surface area (Å²) in [5.41, 5.74) is 2.40. The van der Waals surface area contributed by atoms with Gasteiger partial charge in [0.1, 0.15) is 0 Å².